The van der Waals surface area contributed by atoms with Crippen LogP contribution in [0.5, 0.6) is 0 Å². The maximum Gasteiger partial charge on any atom is 0.0900 e. The Labute approximate surface area is 106 Å². The van der Waals surface area contributed by atoms with Gasteiger partial charge in [-0.1, -0.05) is 6.92 Å². The fourth-order valence-electron chi connectivity index (χ4n) is 3.02. The van der Waals surface area contributed by atoms with Gasteiger partial charge in [0, 0.05) is 25.2 Å². The first kappa shape index (κ1) is 13.3. The lowest BCUT2D eigenvalue weighted by atomic mass is 9.91. The van der Waals surface area contributed by atoms with E-state index >= 15 is 0 Å². The molecule has 0 aromatic rings. The number of hydrogen-bond donors (Lipinski definition) is 1. The number of likely N-dealkylation sites (tertiary alicyclic amines) is 1. The van der Waals surface area contributed by atoms with Crippen molar-refractivity contribution in [3.63, 3.8) is 0 Å². The van der Waals surface area contributed by atoms with Crippen LogP contribution in [0.15, 0.2) is 0 Å². The van der Waals surface area contributed by atoms with E-state index in [1.165, 1.54) is 19.3 Å². The van der Waals surface area contributed by atoms with E-state index in [0.717, 1.165) is 38.5 Å². The van der Waals surface area contributed by atoms with Crippen LogP contribution in [0.1, 0.15) is 46.0 Å². The number of β-amino-alcohol motifs (C(OH)–C–C–N with tert-alkyl or cyclic N) is 1. The molecule has 2 rings (SSSR count). The van der Waals surface area contributed by atoms with Crippen LogP contribution in [0.2, 0.25) is 0 Å². The molecular formula is C14H28N2O. The second-order valence-electron chi connectivity index (χ2n) is 6.20. The minimum Gasteiger partial charge on any atom is -0.387 e. The van der Waals surface area contributed by atoms with Gasteiger partial charge in [0.1, 0.15) is 0 Å². The van der Waals surface area contributed by atoms with Crippen LogP contribution in [0.25, 0.3) is 0 Å². The molecule has 3 heteroatoms. The maximum absolute atomic E-state index is 10.7. The van der Waals surface area contributed by atoms with E-state index in [-0.39, 0.29) is 0 Å². The summed E-state index contributed by atoms with van der Waals surface area (Å²) in [6, 6.07) is 1.35. The molecule has 0 aromatic carbocycles. The van der Waals surface area contributed by atoms with Gasteiger partial charge in [-0.15, -0.1) is 0 Å². The molecule has 1 unspecified atom stereocenters. The standard InChI is InChI=1S/C14H28N2O/c1-4-12(2)16-9-5-8-14(17,11-16)10-15(3)13-6-7-13/h12-13,17H,4-11H2,1-3H3/t12?,14-/m1/s1. The SMILES string of the molecule is CCC(C)N1CCC[C@@](O)(CN(C)C2CC2)C1. The highest BCUT2D eigenvalue weighted by atomic mass is 16.3. The summed E-state index contributed by atoms with van der Waals surface area (Å²) in [4.78, 5) is 4.82. The lowest BCUT2D eigenvalue weighted by molar-refractivity contribution is -0.0599. The average molecular weight is 240 g/mol. The number of likely N-dealkylation sites (N-methyl/N-ethyl adjacent to an activating group) is 1. The van der Waals surface area contributed by atoms with Crippen molar-refractivity contribution in [2.45, 2.75) is 63.6 Å². The molecule has 1 saturated carbocycles. The monoisotopic (exact) mass is 240 g/mol. The smallest absolute Gasteiger partial charge is 0.0900 e. The van der Waals surface area contributed by atoms with Crippen molar-refractivity contribution in [3.8, 4) is 0 Å². The normalized spacial score (nSPS) is 33.0. The number of rotatable bonds is 5. The second-order valence-corrected chi connectivity index (χ2v) is 6.20. The Morgan fingerprint density at radius 3 is 2.76 bits per heavy atom. The fourth-order valence-corrected chi connectivity index (χ4v) is 3.02. The lowest BCUT2D eigenvalue weighted by Gasteiger charge is -2.43. The van der Waals surface area contributed by atoms with Crippen LogP contribution in [-0.2, 0) is 0 Å². The zero-order valence-corrected chi connectivity index (χ0v) is 11.7. The van der Waals surface area contributed by atoms with Crippen molar-refractivity contribution in [2.24, 2.45) is 0 Å². The van der Waals surface area contributed by atoms with Crippen LogP contribution in [0.3, 0.4) is 0 Å². The van der Waals surface area contributed by atoms with E-state index in [0.29, 0.717) is 6.04 Å². The van der Waals surface area contributed by atoms with Crippen molar-refractivity contribution in [1.29, 1.82) is 0 Å². The highest BCUT2D eigenvalue weighted by Crippen LogP contribution is 2.30. The summed E-state index contributed by atoms with van der Waals surface area (Å²) in [6.45, 7) is 7.37. The summed E-state index contributed by atoms with van der Waals surface area (Å²) in [7, 11) is 2.16. The van der Waals surface area contributed by atoms with Crippen LogP contribution < -0.4 is 0 Å². The Hall–Kier alpha value is -0.120. The fraction of sp³-hybridized carbons (Fsp3) is 1.00. The highest BCUT2D eigenvalue weighted by Gasteiger charge is 2.38. The predicted octanol–water partition coefficient (Wildman–Crippen LogP) is 1.71. The average Bonchev–Trinajstić information content (AvgIpc) is 3.11. The second kappa shape index (κ2) is 5.25. The molecule has 1 aliphatic carbocycles. The molecule has 100 valence electrons. The van der Waals surface area contributed by atoms with E-state index in [4.69, 9.17) is 0 Å². The molecule has 3 nitrogen and oxygen atoms in total. The molecule has 1 N–H and O–H groups in total. The van der Waals surface area contributed by atoms with E-state index < -0.39 is 5.60 Å². The molecule has 2 aliphatic rings. The van der Waals surface area contributed by atoms with Crippen LogP contribution >= 0.6 is 0 Å². The Balaban J connectivity index is 1.89. The zero-order valence-electron chi connectivity index (χ0n) is 11.7. The summed E-state index contributed by atoms with van der Waals surface area (Å²) in [6.07, 6.45) is 5.92. The Morgan fingerprint density at radius 1 is 1.47 bits per heavy atom. The van der Waals surface area contributed by atoms with Crippen molar-refractivity contribution in [1.82, 2.24) is 9.80 Å². The molecular weight excluding hydrogens is 212 g/mol. The first-order chi connectivity index (χ1) is 8.04. The van der Waals surface area contributed by atoms with Gasteiger partial charge < -0.3 is 10.0 Å². The van der Waals surface area contributed by atoms with E-state index in [1.54, 1.807) is 0 Å². The van der Waals surface area contributed by atoms with Gasteiger partial charge in [-0.05, 0) is 52.6 Å². The largest absolute Gasteiger partial charge is 0.387 e. The third kappa shape index (κ3) is 3.43. The van der Waals surface area contributed by atoms with E-state index in [1.807, 2.05) is 0 Å². The summed E-state index contributed by atoms with van der Waals surface area (Å²) in [5.74, 6) is 0. The van der Waals surface area contributed by atoms with Gasteiger partial charge in [0.25, 0.3) is 0 Å². The van der Waals surface area contributed by atoms with Gasteiger partial charge in [0.05, 0.1) is 5.60 Å². The van der Waals surface area contributed by atoms with Gasteiger partial charge in [-0.2, -0.15) is 0 Å². The Morgan fingerprint density at radius 2 is 2.18 bits per heavy atom. The summed E-state index contributed by atoms with van der Waals surface area (Å²) in [5, 5.41) is 10.7. The Kier molecular flexibility index (Phi) is 4.11. The molecule has 0 spiro atoms. The van der Waals surface area contributed by atoms with Crippen molar-refractivity contribution < 1.29 is 5.11 Å². The van der Waals surface area contributed by atoms with Crippen LogP contribution in [0, 0.1) is 0 Å². The molecule has 0 bridgehead atoms. The molecule has 0 radical (unpaired) electrons. The third-order valence-electron chi connectivity index (χ3n) is 4.51. The summed E-state index contributed by atoms with van der Waals surface area (Å²) >= 11 is 0. The number of piperidine rings is 1. The molecule has 17 heavy (non-hydrogen) atoms. The van der Waals surface area contributed by atoms with Gasteiger partial charge in [-0.3, -0.25) is 4.90 Å². The van der Waals surface area contributed by atoms with Crippen molar-refractivity contribution >= 4 is 0 Å². The minimum absolute atomic E-state index is 0.473. The number of hydrogen-bond acceptors (Lipinski definition) is 3. The number of nitrogens with zero attached hydrogens (tertiary/aromatic N) is 2. The predicted molar refractivity (Wildman–Crippen MR) is 71.2 cm³/mol. The minimum atomic E-state index is -0.473. The molecule has 0 aromatic heterocycles. The molecule has 2 atom stereocenters. The highest BCUT2D eigenvalue weighted by molar-refractivity contribution is 4.94. The van der Waals surface area contributed by atoms with Crippen molar-refractivity contribution in [3.05, 3.63) is 0 Å². The maximum atomic E-state index is 10.7. The van der Waals surface area contributed by atoms with E-state index in [2.05, 4.69) is 30.7 Å². The summed E-state index contributed by atoms with van der Waals surface area (Å²) < 4.78 is 0. The van der Waals surface area contributed by atoms with Crippen LogP contribution in [0.4, 0.5) is 0 Å². The quantitative estimate of drug-likeness (QED) is 0.792. The molecule has 1 saturated heterocycles. The van der Waals surface area contributed by atoms with Gasteiger partial charge in [-0.25, -0.2) is 0 Å². The van der Waals surface area contributed by atoms with Gasteiger partial charge in [0.15, 0.2) is 0 Å². The molecule has 1 heterocycles. The van der Waals surface area contributed by atoms with Crippen LogP contribution in [-0.4, -0.2) is 59.3 Å². The van der Waals surface area contributed by atoms with Gasteiger partial charge in [0.2, 0.25) is 0 Å². The molecule has 2 fully saturated rings. The van der Waals surface area contributed by atoms with Crippen molar-refractivity contribution in [2.75, 3.05) is 26.7 Å². The Bertz CT molecular complexity index is 255. The topological polar surface area (TPSA) is 26.7 Å². The number of aliphatic hydroxyl groups is 1. The van der Waals surface area contributed by atoms with Gasteiger partial charge >= 0.3 is 0 Å². The summed E-state index contributed by atoms with van der Waals surface area (Å²) in [5.41, 5.74) is -0.473. The zero-order chi connectivity index (χ0) is 12.5. The third-order valence-corrected chi connectivity index (χ3v) is 4.51. The first-order valence-electron chi connectivity index (χ1n) is 7.21. The van der Waals surface area contributed by atoms with E-state index in [9.17, 15) is 5.11 Å². The lowest BCUT2D eigenvalue weighted by Crippen LogP contribution is -2.55. The molecule has 0 amide bonds. The first-order valence-corrected chi connectivity index (χ1v) is 7.21. The molecule has 1 aliphatic heterocycles.